The number of rotatable bonds is 14. The summed E-state index contributed by atoms with van der Waals surface area (Å²) in [5.74, 6) is 1.57. The number of nitrogens with one attached hydrogen (secondary N) is 2. The first kappa shape index (κ1) is 22.0. The van der Waals surface area contributed by atoms with Crippen molar-refractivity contribution in [1.82, 2.24) is 10.6 Å². The highest BCUT2D eigenvalue weighted by atomic mass is 16.5. The summed E-state index contributed by atoms with van der Waals surface area (Å²) in [6.45, 7) is 4.04. The molecular formula is C24H34N2O2. The quantitative estimate of drug-likeness (QED) is 0.383. The van der Waals surface area contributed by atoms with Crippen LogP contribution in [0.2, 0.25) is 0 Å². The summed E-state index contributed by atoms with van der Waals surface area (Å²) in [5.41, 5.74) is 2.65. The molecule has 0 aliphatic carbocycles. The number of benzene rings is 2. The lowest BCUT2D eigenvalue weighted by molar-refractivity contribution is 0.354. The van der Waals surface area contributed by atoms with Gasteiger partial charge in [0.1, 0.15) is 0 Å². The molecule has 4 heteroatoms. The van der Waals surface area contributed by atoms with Crippen molar-refractivity contribution in [2.24, 2.45) is 0 Å². The van der Waals surface area contributed by atoms with E-state index in [1.165, 1.54) is 11.1 Å². The monoisotopic (exact) mass is 382 g/mol. The van der Waals surface area contributed by atoms with Crippen LogP contribution in [-0.2, 0) is 12.8 Å². The van der Waals surface area contributed by atoms with Crippen LogP contribution in [-0.4, -0.2) is 40.4 Å². The molecule has 0 atom stereocenters. The first-order valence-corrected chi connectivity index (χ1v) is 10.1. The molecule has 2 aromatic rings. The van der Waals surface area contributed by atoms with E-state index in [0.29, 0.717) is 0 Å². The van der Waals surface area contributed by atoms with Gasteiger partial charge in [0.25, 0.3) is 0 Å². The zero-order valence-electron chi connectivity index (χ0n) is 17.2. The summed E-state index contributed by atoms with van der Waals surface area (Å²) < 4.78 is 10.6. The average molecular weight is 383 g/mol. The SMILES string of the molecule is COc1ccc(CCNCC/C=C/CCNCCc2ccccc2)cc1OC. The Kier molecular flexibility index (Phi) is 10.8. The molecule has 152 valence electrons. The first-order valence-electron chi connectivity index (χ1n) is 10.1. The van der Waals surface area contributed by atoms with Gasteiger partial charge in [0.05, 0.1) is 14.2 Å². The van der Waals surface area contributed by atoms with Gasteiger partial charge in [-0.25, -0.2) is 0 Å². The van der Waals surface area contributed by atoms with Gasteiger partial charge in [-0.05, 0) is 75.1 Å². The van der Waals surface area contributed by atoms with Crippen LogP contribution in [0.5, 0.6) is 11.5 Å². The van der Waals surface area contributed by atoms with E-state index in [0.717, 1.165) is 63.4 Å². The number of hydrogen-bond donors (Lipinski definition) is 2. The van der Waals surface area contributed by atoms with Crippen molar-refractivity contribution in [2.75, 3.05) is 40.4 Å². The molecular weight excluding hydrogens is 348 g/mol. The Labute approximate surface area is 170 Å². The molecule has 0 bridgehead atoms. The maximum atomic E-state index is 5.35. The molecule has 2 N–H and O–H groups in total. The van der Waals surface area contributed by atoms with Gasteiger partial charge >= 0.3 is 0 Å². The minimum atomic E-state index is 0.777. The Morgan fingerprint density at radius 2 is 1.29 bits per heavy atom. The zero-order chi connectivity index (χ0) is 19.9. The molecule has 0 heterocycles. The molecule has 0 amide bonds. The second-order valence-corrected chi connectivity index (χ2v) is 6.72. The van der Waals surface area contributed by atoms with E-state index in [1.54, 1.807) is 14.2 Å². The fourth-order valence-corrected chi connectivity index (χ4v) is 3.00. The number of methoxy groups -OCH3 is 2. The second-order valence-electron chi connectivity index (χ2n) is 6.72. The summed E-state index contributed by atoms with van der Waals surface area (Å²) in [5, 5.41) is 6.99. The van der Waals surface area contributed by atoms with E-state index in [1.807, 2.05) is 12.1 Å². The van der Waals surface area contributed by atoms with Crippen molar-refractivity contribution >= 4 is 0 Å². The Bertz CT molecular complexity index is 686. The van der Waals surface area contributed by atoms with Crippen molar-refractivity contribution in [3.05, 3.63) is 71.8 Å². The van der Waals surface area contributed by atoms with Crippen molar-refractivity contribution in [3.8, 4) is 11.5 Å². The van der Waals surface area contributed by atoms with Gasteiger partial charge in [0.2, 0.25) is 0 Å². The van der Waals surface area contributed by atoms with Gasteiger partial charge in [-0.1, -0.05) is 48.6 Å². The van der Waals surface area contributed by atoms with Crippen LogP contribution in [0.25, 0.3) is 0 Å². The minimum Gasteiger partial charge on any atom is -0.493 e. The van der Waals surface area contributed by atoms with Crippen LogP contribution in [0.15, 0.2) is 60.7 Å². The predicted octanol–water partition coefficient (Wildman–Crippen LogP) is 4.00. The van der Waals surface area contributed by atoms with Crippen LogP contribution in [0, 0.1) is 0 Å². The predicted molar refractivity (Wildman–Crippen MR) is 118 cm³/mol. The van der Waals surface area contributed by atoms with E-state index in [9.17, 15) is 0 Å². The summed E-state index contributed by atoms with van der Waals surface area (Å²) in [6, 6.07) is 16.7. The lowest BCUT2D eigenvalue weighted by Crippen LogP contribution is -2.18. The largest absolute Gasteiger partial charge is 0.493 e. The molecule has 0 spiro atoms. The molecule has 0 aliphatic rings. The van der Waals surface area contributed by atoms with Gasteiger partial charge in [0.15, 0.2) is 11.5 Å². The average Bonchev–Trinajstić information content (AvgIpc) is 2.75. The van der Waals surface area contributed by atoms with Crippen molar-refractivity contribution in [1.29, 1.82) is 0 Å². The molecule has 0 saturated carbocycles. The molecule has 2 rings (SSSR count). The molecule has 0 fully saturated rings. The van der Waals surface area contributed by atoms with Crippen LogP contribution < -0.4 is 20.1 Å². The lowest BCUT2D eigenvalue weighted by atomic mass is 10.1. The third-order valence-electron chi connectivity index (χ3n) is 4.61. The summed E-state index contributed by atoms with van der Waals surface area (Å²) in [6.07, 6.45) is 8.76. The minimum absolute atomic E-state index is 0.777. The normalized spacial score (nSPS) is 11.1. The van der Waals surface area contributed by atoms with Gasteiger partial charge in [0, 0.05) is 0 Å². The third-order valence-corrected chi connectivity index (χ3v) is 4.61. The van der Waals surface area contributed by atoms with E-state index >= 15 is 0 Å². The van der Waals surface area contributed by atoms with E-state index in [-0.39, 0.29) is 0 Å². The zero-order valence-corrected chi connectivity index (χ0v) is 17.2. The Hall–Kier alpha value is -2.30. The summed E-state index contributed by atoms with van der Waals surface area (Å²) in [7, 11) is 3.33. The topological polar surface area (TPSA) is 42.5 Å². The first-order chi connectivity index (χ1) is 13.8. The van der Waals surface area contributed by atoms with Crippen LogP contribution in [0.3, 0.4) is 0 Å². The Morgan fingerprint density at radius 1 is 0.679 bits per heavy atom. The van der Waals surface area contributed by atoms with Crippen LogP contribution in [0.1, 0.15) is 24.0 Å². The standard InChI is InChI=1S/C24H34N2O2/c1-27-23-13-12-22(20-24(23)28-2)15-19-26-17-9-4-3-8-16-25-18-14-21-10-6-5-7-11-21/h3-7,10-13,20,25-26H,8-9,14-19H2,1-2H3/b4-3+. The highest BCUT2D eigenvalue weighted by molar-refractivity contribution is 5.42. The number of hydrogen-bond acceptors (Lipinski definition) is 4. The molecule has 0 unspecified atom stereocenters. The van der Waals surface area contributed by atoms with Gasteiger partial charge < -0.3 is 20.1 Å². The maximum Gasteiger partial charge on any atom is 0.160 e. The fourth-order valence-electron chi connectivity index (χ4n) is 3.00. The number of ether oxygens (including phenoxy) is 2. The molecule has 0 aliphatic heterocycles. The van der Waals surface area contributed by atoms with Gasteiger partial charge in [-0.2, -0.15) is 0 Å². The van der Waals surface area contributed by atoms with Gasteiger partial charge in [-0.15, -0.1) is 0 Å². The van der Waals surface area contributed by atoms with Crippen molar-refractivity contribution < 1.29 is 9.47 Å². The highest BCUT2D eigenvalue weighted by Gasteiger charge is 2.03. The molecule has 2 aromatic carbocycles. The molecule has 0 aromatic heterocycles. The van der Waals surface area contributed by atoms with Crippen LogP contribution >= 0.6 is 0 Å². The van der Waals surface area contributed by atoms with E-state index in [4.69, 9.17) is 9.47 Å². The molecule has 4 nitrogen and oxygen atoms in total. The van der Waals surface area contributed by atoms with Crippen molar-refractivity contribution in [2.45, 2.75) is 25.7 Å². The maximum absolute atomic E-state index is 5.35. The molecule has 28 heavy (non-hydrogen) atoms. The van der Waals surface area contributed by atoms with Crippen LogP contribution in [0.4, 0.5) is 0 Å². The summed E-state index contributed by atoms with van der Waals surface area (Å²) >= 11 is 0. The van der Waals surface area contributed by atoms with Crippen molar-refractivity contribution in [3.63, 3.8) is 0 Å². The molecule has 0 saturated heterocycles. The van der Waals surface area contributed by atoms with E-state index < -0.39 is 0 Å². The highest BCUT2D eigenvalue weighted by Crippen LogP contribution is 2.27. The Balaban J connectivity index is 1.46. The second kappa shape index (κ2) is 13.8. The van der Waals surface area contributed by atoms with E-state index in [2.05, 4.69) is 59.2 Å². The van der Waals surface area contributed by atoms with Gasteiger partial charge in [-0.3, -0.25) is 0 Å². The molecule has 0 radical (unpaired) electrons. The summed E-state index contributed by atoms with van der Waals surface area (Å²) in [4.78, 5) is 0. The fraction of sp³-hybridized carbons (Fsp3) is 0.417. The Morgan fingerprint density at radius 3 is 1.89 bits per heavy atom. The third kappa shape index (κ3) is 8.59. The lowest BCUT2D eigenvalue weighted by Gasteiger charge is -2.09. The smallest absolute Gasteiger partial charge is 0.160 e.